The van der Waals surface area contributed by atoms with Crippen LogP contribution in [0.5, 0.6) is 5.75 Å². The first-order valence-corrected chi connectivity index (χ1v) is 14.3. The number of thioether (sulfide) groups is 1. The quantitative estimate of drug-likeness (QED) is 0.204. The van der Waals surface area contributed by atoms with Gasteiger partial charge in [-0.3, -0.25) is 9.69 Å². The zero-order chi connectivity index (χ0) is 26.6. The van der Waals surface area contributed by atoms with Gasteiger partial charge in [-0.2, -0.15) is 0 Å². The maximum atomic E-state index is 13.4. The van der Waals surface area contributed by atoms with Gasteiger partial charge in [0.25, 0.3) is 5.91 Å². The van der Waals surface area contributed by atoms with E-state index in [0.29, 0.717) is 16.7 Å². The molecule has 0 aromatic heterocycles. The molecule has 0 unspecified atom stereocenters. The maximum absolute atomic E-state index is 13.4. The van der Waals surface area contributed by atoms with E-state index in [1.54, 1.807) is 0 Å². The molecule has 6 heteroatoms. The Hall–Kier alpha value is -3.35. The molecule has 1 amide bonds. The van der Waals surface area contributed by atoms with E-state index in [-0.39, 0.29) is 11.9 Å². The molecular weight excluding hydrogens is 556 g/mol. The Kier molecular flexibility index (Phi) is 8.01. The molecule has 1 saturated heterocycles. The molecule has 38 heavy (non-hydrogen) atoms. The van der Waals surface area contributed by atoms with Crippen molar-refractivity contribution in [1.29, 1.82) is 0 Å². The molecule has 0 aliphatic carbocycles. The Morgan fingerprint density at radius 1 is 1.03 bits per heavy atom. The molecule has 1 fully saturated rings. The SMILES string of the molecule is CC[C@H](C)N1C(=O)/C(=C\c2ccc(OCc3cccc4ccccc34)c(Br)c2)SC1=Nc1ccc(C)cc1. The van der Waals surface area contributed by atoms with Crippen LogP contribution < -0.4 is 4.74 Å². The van der Waals surface area contributed by atoms with Gasteiger partial charge in [0.2, 0.25) is 0 Å². The van der Waals surface area contributed by atoms with Gasteiger partial charge in [-0.15, -0.1) is 0 Å². The highest BCUT2D eigenvalue weighted by Crippen LogP contribution is 2.37. The number of carbonyl (C=O) groups excluding carboxylic acids is 1. The average Bonchev–Trinajstić information content (AvgIpc) is 3.23. The van der Waals surface area contributed by atoms with Gasteiger partial charge in [0.1, 0.15) is 12.4 Å². The van der Waals surface area contributed by atoms with Crippen LogP contribution in [0.2, 0.25) is 0 Å². The Labute approximate surface area is 236 Å². The molecule has 1 aliphatic rings. The summed E-state index contributed by atoms with van der Waals surface area (Å²) in [5.74, 6) is 0.746. The van der Waals surface area contributed by atoms with Crippen molar-refractivity contribution in [3.63, 3.8) is 0 Å². The number of benzene rings is 4. The van der Waals surface area contributed by atoms with Crippen LogP contribution in [-0.4, -0.2) is 22.0 Å². The summed E-state index contributed by atoms with van der Waals surface area (Å²) in [6.07, 6.45) is 2.78. The summed E-state index contributed by atoms with van der Waals surface area (Å²) < 4.78 is 7.01. The van der Waals surface area contributed by atoms with Gasteiger partial charge in [-0.1, -0.05) is 73.2 Å². The van der Waals surface area contributed by atoms with Crippen LogP contribution in [-0.2, 0) is 11.4 Å². The third-order valence-electron chi connectivity index (χ3n) is 6.64. The highest BCUT2D eigenvalue weighted by Gasteiger charge is 2.36. The Bertz CT molecular complexity index is 1540. The van der Waals surface area contributed by atoms with Gasteiger partial charge in [-0.25, -0.2) is 4.99 Å². The van der Waals surface area contributed by atoms with Crippen molar-refractivity contribution >= 4 is 61.3 Å². The fraction of sp³-hybridized carbons (Fsp3) is 0.188. The van der Waals surface area contributed by atoms with Crippen LogP contribution in [0.25, 0.3) is 16.8 Å². The van der Waals surface area contributed by atoms with Gasteiger partial charge >= 0.3 is 0 Å². The van der Waals surface area contributed by atoms with E-state index in [0.717, 1.165) is 33.5 Å². The van der Waals surface area contributed by atoms with Crippen molar-refractivity contribution in [2.45, 2.75) is 39.8 Å². The molecule has 4 nitrogen and oxygen atoms in total. The average molecular weight is 586 g/mol. The summed E-state index contributed by atoms with van der Waals surface area (Å²) in [6, 6.07) is 28.6. The number of aryl methyl sites for hydroxylation is 1. The first-order valence-electron chi connectivity index (χ1n) is 12.7. The van der Waals surface area contributed by atoms with Gasteiger partial charge in [0.05, 0.1) is 15.1 Å². The highest BCUT2D eigenvalue weighted by molar-refractivity contribution is 9.10. The maximum Gasteiger partial charge on any atom is 0.266 e. The molecule has 4 aromatic carbocycles. The van der Waals surface area contributed by atoms with Crippen LogP contribution in [0, 0.1) is 6.92 Å². The lowest BCUT2D eigenvalue weighted by atomic mass is 10.1. The van der Waals surface area contributed by atoms with E-state index in [1.807, 2.05) is 65.6 Å². The van der Waals surface area contributed by atoms with Crippen molar-refractivity contribution in [2.24, 2.45) is 4.99 Å². The van der Waals surface area contributed by atoms with Crippen molar-refractivity contribution in [3.8, 4) is 5.75 Å². The molecular formula is C32H29BrN2O2S. The monoisotopic (exact) mass is 584 g/mol. The number of rotatable bonds is 7. The standard InChI is InChI=1S/C32H29BrN2O2S/c1-4-22(3)35-31(36)30(38-32(35)34-26-15-12-21(2)13-16-26)19-23-14-17-29(28(33)18-23)37-20-25-10-7-9-24-8-5-6-11-27(24)25/h5-19,22H,4,20H2,1-3H3/b30-19+,34-32?/t22-/m0/s1. The third-order valence-corrected chi connectivity index (χ3v) is 8.25. The number of halogens is 1. The fourth-order valence-electron chi connectivity index (χ4n) is 4.31. The number of fused-ring (bicyclic) bond motifs is 1. The molecule has 0 saturated carbocycles. The largest absolute Gasteiger partial charge is 0.488 e. The Morgan fingerprint density at radius 2 is 1.79 bits per heavy atom. The second kappa shape index (κ2) is 11.6. The molecule has 0 N–H and O–H groups in total. The van der Waals surface area contributed by atoms with Gasteiger partial charge in [0, 0.05) is 6.04 Å². The first kappa shape index (κ1) is 26.3. The van der Waals surface area contributed by atoms with Crippen LogP contribution in [0.15, 0.2) is 99.3 Å². The zero-order valence-electron chi connectivity index (χ0n) is 21.6. The molecule has 0 bridgehead atoms. The number of amides is 1. The fourth-order valence-corrected chi connectivity index (χ4v) is 5.92. The van der Waals surface area contributed by atoms with Crippen molar-refractivity contribution in [1.82, 2.24) is 4.90 Å². The molecule has 0 spiro atoms. The molecule has 1 heterocycles. The van der Waals surface area contributed by atoms with Crippen molar-refractivity contribution in [3.05, 3.63) is 111 Å². The van der Waals surface area contributed by atoms with E-state index >= 15 is 0 Å². The number of hydrogen-bond donors (Lipinski definition) is 0. The molecule has 192 valence electrons. The van der Waals surface area contributed by atoms with E-state index < -0.39 is 0 Å². The lowest BCUT2D eigenvalue weighted by molar-refractivity contribution is -0.123. The van der Waals surface area contributed by atoms with Crippen LogP contribution in [0.4, 0.5) is 5.69 Å². The van der Waals surface area contributed by atoms with Gasteiger partial charge in [-0.05, 0) is 100 Å². The molecule has 1 aliphatic heterocycles. The van der Waals surface area contributed by atoms with Crippen LogP contribution in [0.3, 0.4) is 0 Å². The number of aliphatic imine (C=N–C) groups is 1. The summed E-state index contributed by atoms with van der Waals surface area (Å²) in [6.45, 7) is 6.67. The minimum absolute atomic E-state index is 0.0115. The third kappa shape index (κ3) is 5.71. The zero-order valence-corrected chi connectivity index (χ0v) is 24.1. The normalized spacial score (nSPS) is 16.5. The summed E-state index contributed by atoms with van der Waals surface area (Å²) in [5.41, 5.74) is 4.08. The number of carbonyl (C=O) groups is 1. The Balaban J connectivity index is 1.36. The molecule has 0 radical (unpaired) electrons. The highest BCUT2D eigenvalue weighted by atomic mass is 79.9. The smallest absolute Gasteiger partial charge is 0.266 e. The lowest BCUT2D eigenvalue weighted by Crippen LogP contribution is -2.36. The molecule has 4 aromatic rings. The van der Waals surface area contributed by atoms with E-state index in [2.05, 4.69) is 67.0 Å². The van der Waals surface area contributed by atoms with Crippen molar-refractivity contribution in [2.75, 3.05) is 0 Å². The van der Waals surface area contributed by atoms with Crippen LogP contribution in [0.1, 0.15) is 37.0 Å². The van der Waals surface area contributed by atoms with E-state index in [1.165, 1.54) is 28.1 Å². The summed E-state index contributed by atoms with van der Waals surface area (Å²) in [4.78, 5) is 20.7. The summed E-state index contributed by atoms with van der Waals surface area (Å²) in [5, 5.41) is 3.11. The minimum atomic E-state index is -0.0115. The number of amidine groups is 1. The number of nitrogens with zero attached hydrogens (tertiary/aromatic N) is 2. The second-order valence-corrected chi connectivity index (χ2v) is 11.3. The lowest BCUT2D eigenvalue weighted by Gasteiger charge is -2.22. The van der Waals surface area contributed by atoms with E-state index in [4.69, 9.17) is 9.73 Å². The first-order chi connectivity index (χ1) is 18.4. The van der Waals surface area contributed by atoms with Crippen LogP contribution >= 0.6 is 27.7 Å². The second-order valence-electron chi connectivity index (χ2n) is 9.39. The molecule has 5 rings (SSSR count). The van der Waals surface area contributed by atoms with Gasteiger partial charge < -0.3 is 4.74 Å². The van der Waals surface area contributed by atoms with Gasteiger partial charge in [0.15, 0.2) is 5.17 Å². The topological polar surface area (TPSA) is 41.9 Å². The number of ether oxygens (including phenoxy) is 1. The predicted molar refractivity (Wildman–Crippen MR) is 163 cm³/mol. The summed E-state index contributed by atoms with van der Waals surface area (Å²) in [7, 11) is 0. The summed E-state index contributed by atoms with van der Waals surface area (Å²) >= 11 is 5.09. The minimum Gasteiger partial charge on any atom is -0.488 e. The molecule has 1 atom stereocenters. The van der Waals surface area contributed by atoms with E-state index in [9.17, 15) is 4.79 Å². The van der Waals surface area contributed by atoms with Crippen molar-refractivity contribution < 1.29 is 9.53 Å². The number of hydrogen-bond acceptors (Lipinski definition) is 4. The Morgan fingerprint density at radius 3 is 2.55 bits per heavy atom. The predicted octanol–water partition coefficient (Wildman–Crippen LogP) is 8.89.